The van der Waals surface area contributed by atoms with E-state index in [0.717, 1.165) is 19.5 Å². The fourth-order valence-corrected chi connectivity index (χ4v) is 4.05. The van der Waals surface area contributed by atoms with Crippen LogP contribution in [0.4, 0.5) is 5.69 Å². The van der Waals surface area contributed by atoms with Crippen molar-refractivity contribution in [2.24, 2.45) is 5.14 Å². The molecule has 0 saturated heterocycles. The summed E-state index contributed by atoms with van der Waals surface area (Å²) < 4.78 is 22.7. The van der Waals surface area contributed by atoms with Crippen molar-refractivity contribution in [3.8, 4) is 0 Å². The molecule has 1 aromatic heterocycles. The first-order chi connectivity index (χ1) is 10.9. The van der Waals surface area contributed by atoms with Crippen LogP contribution in [0.15, 0.2) is 40.6 Å². The lowest BCUT2D eigenvalue weighted by Gasteiger charge is -2.26. The summed E-state index contributed by atoms with van der Waals surface area (Å²) in [4.78, 5) is 15.6. The summed E-state index contributed by atoms with van der Waals surface area (Å²) in [6, 6.07) is 8.04. The molecule has 23 heavy (non-hydrogen) atoms. The average Bonchev–Trinajstić information content (AvgIpc) is 2.94. The zero-order chi connectivity index (χ0) is 16.4. The number of hydrogen-bond acceptors (Lipinski definition) is 5. The second kappa shape index (κ2) is 6.40. The SMILES string of the molecule is NS(=O)(=O)c1cccc(NC(=O)CN2CCc3sccc3C2)c1. The Hall–Kier alpha value is -1.74. The smallest absolute Gasteiger partial charge is 0.238 e. The van der Waals surface area contributed by atoms with E-state index < -0.39 is 10.0 Å². The Labute approximate surface area is 139 Å². The van der Waals surface area contributed by atoms with E-state index >= 15 is 0 Å². The van der Waals surface area contributed by atoms with Crippen LogP contribution in [0.1, 0.15) is 10.4 Å². The monoisotopic (exact) mass is 351 g/mol. The largest absolute Gasteiger partial charge is 0.325 e. The Bertz CT molecular complexity index is 830. The summed E-state index contributed by atoms with van der Waals surface area (Å²) in [7, 11) is -3.78. The second-order valence-electron chi connectivity index (χ2n) is 5.45. The number of sulfonamides is 1. The molecule has 6 nitrogen and oxygen atoms in total. The highest BCUT2D eigenvalue weighted by Crippen LogP contribution is 2.23. The third-order valence-corrected chi connectivity index (χ3v) is 5.63. The highest BCUT2D eigenvalue weighted by atomic mass is 32.2. The maximum atomic E-state index is 12.2. The Morgan fingerprint density at radius 2 is 2.17 bits per heavy atom. The molecule has 0 bridgehead atoms. The normalized spacial score (nSPS) is 15.2. The maximum absolute atomic E-state index is 12.2. The Morgan fingerprint density at radius 1 is 1.35 bits per heavy atom. The minimum Gasteiger partial charge on any atom is -0.325 e. The van der Waals surface area contributed by atoms with Gasteiger partial charge < -0.3 is 5.32 Å². The summed E-state index contributed by atoms with van der Waals surface area (Å²) in [5.41, 5.74) is 1.71. The third kappa shape index (κ3) is 3.97. The van der Waals surface area contributed by atoms with E-state index in [2.05, 4.69) is 21.7 Å². The quantitative estimate of drug-likeness (QED) is 0.871. The van der Waals surface area contributed by atoms with Gasteiger partial charge in [0.1, 0.15) is 0 Å². The van der Waals surface area contributed by atoms with Gasteiger partial charge in [-0.3, -0.25) is 9.69 Å². The number of carbonyl (C=O) groups excluding carboxylic acids is 1. The molecule has 122 valence electrons. The zero-order valence-corrected chi connectivity index (χ0v) is 14.0. The molecule has 8 heteroatoms. The van der Waals surface area contributed by atoms with E-state index in [1.807, 2.05) is 0 Å². The molecule has 2 aromatic rings. The molecule has 1 aliphatic rings. The number of nitrogens with zero attached hydrogens (tertiary/aromatic N) is 1. The van der Waals surface area contributed by atoms with E-state index in [1.165, 1.54) is 22.6 Å². The van der Waals surface area contributed by atoms with E-state index in [-0.39, 0.29) is 17.3 Å². The van der Waals surface area contributed by atoms with Crippen LogP contribution in [-0.2, 0) is 27.8 Å². The van der Waals surface area contributed by atoms with E-state index in [0.29, 0.717) is 5.69 Å². The molecule has 1 aliphatic heterocycles. The number of nitrogens with two attached hydrogens (primary N) is 1. The van der Waals surface area contributed by atoms with Crippen molar-refractivity contribution in [2.75, 3.05) is 18.4 Å². The van der Waals surface area contributed by atoms with Crippen LogP contribution in [0.3, 0.4) is 0 Å². The molecule has 3 rings (SSSR count). The van der Waals surface area contributed by atoms with Crippen molar-refractivity contribution in [2.45, 2.75) is 17.9 Å². The lowest BCUT2D eigenvalue weighted by atomic mass is 10.1. The lowest BCUT2D eigenvalue weighted by Crippen LogP contribution is -2.36. The van der Waals surface area contributed by atoms with Gasteiger partial charge in [-0.25, -0.2) is 13.6 Å². The van der Waals surface area contributed by atoms with Crippen LogP contribution in [-0.4, -0.2) is 32.3 Å². The van der Waals surface area contributed by atoms with E-state index in [1.54, 1.807) is 23.5 Å². The summed E-state index contributed by atoms with van der Waals surface area (Å²) >= 11 is 1.76. The number of benzene rings is 1. The molecule has 0 saturated carbocycles. The van der Waals surface area contributed by atoms with Crippen LogP contribution in [0.2, 0.25) is 0 Å². The van der Waals surface area contributed by atoms with Crippen molar-refractivity contribution >= 4 is 33.0 Å². The van der Waals surface area contributed by atoms with Crippen LogP contribution >= 0.6 is 11.3 Å². The first-order valence-electron chi connectivity index (χ1n) is 7.12. The Morgan fingerprint density at radius 3 is 2.96 bits per heavy atom. The van der Waals surface area contributed by atoms with Gasteiger partial charge in [0.25, 0.3) is 0 Å². The minimum absolute atomic E-state index is 0.0174. The first-order valence-corrected chi connectivity index (χ1v) is 9.55. The first kappa shape index (κ1) is 16.1. The summed E-state index contributed by atoms with van der Waals surface area (Å²) in [5.74, 6) is -0.171. The van der Waals surface area contributed by atoms with Crippen LogP contribution in [0.25, 0.3) is 0 Å². The summed E-state index contributed by atoms with van der Waals surface area (Å²) in [6.45, 7) is 1.89. The summed E-state index contributed by atoms with van der Waals surface area (Å²) in [5, 5.41) is 9.89. The van der Waals surface area contributed by atoms with Crippen molar-refractivity contribution in [3.63, 3.8) is 0 Å². The molecule has 0 unspecified atom stereocenters. The minimum atomic E-state index is -3.78. The van der Waals surface area contributed by atoms with Gasteiger partial charge in [0, 0.05) is 23.7 Å². The van der Waals surface area contributed by atoms with Gasteiger partial charge >= 0.3 is 0 Å². The van der Waals surface area contributed by atoms with Gasteiger partial charge in [-0.1, -0.05) is 6.07 Å². The highest BCUT2D eigenvalue weighted by Gasteiger charge is 2.19. The predicted octanol–water partition coefficient (Wildman–Crippen LogP) is 1.39. The van der Waals surface area contributed by atoms with Crippen LogP contribution in [0.5, 0.6) is 0 Å². The van der Waals surface area contributed by atoms with Crippen molar-refractivity contribution in [1.29, 1.82) is 0 Å². The van der Waals surface area contributed by atoms with Crippen LogP contribution in [0, 0.1) is 0 Å². The molecule has 2 heterocycles. The van der Waals surface area contributed by atoms with Crippen molar-refractivity contribution < 1.29 is 13.2 Å². The predicted molar refractivity (Wildman–Crippen MR) is 89.7 cm³/mol. The highest BCUT2D eigenvalue weighted by molar-refractivity contribution is 7.89. The molecule has 0 aliphatic carbocycles. The zero-order valence-electron chi connectivity index (χ0n) is 12.4. The second-order valence-corrected chi connectivity index (χ2v) is 8.01. The number of amides is 1. The van der Waals surface area contributed by atoms with Crippen LogP contribution < -0.4 is 10.5 Å². The van der Waals surface area contributed by atoms with Gasteiger partial charge in [0.05, 0.1) is 11.4 Å². The Balaban J connectivity index is 1.62. The number of primary sulfonamides is 1. The van der Waals surface area contributed by atoms with Gasteiger partial charge in [-0.2, -0.15) is 0 Å². The van der Waals surface area contributed by atoms with Crippen molar-refractivity contribution in [3.05, 3.63) is 46.2 Å². The van der Waals surface area contributed by atoms with E-state index in [4.69, 9.17) is 5.14 Å². The molecular weight excluding hydrogens is 334 g/mol. The molecule has 0 spiro atoms. The third-order valence-electron chi connectivity index (χ3n) is 3.70. The van der Waals surface area contributed by atoms with Gasteiger partial charge in [-0.05, 0) is 41.6 Å². The molecule has 0 fully saturated rings. The molecular formula is C15H17N3O3S2. The molecule has 1 aromatic carbocycles. The lowest BCUT2D eigenvalue weighted by molar-refractivity contribution is -0.117. The number of carbonyl (C=O) groups is 1. The number of fused-ring (bicyclic) bond motifs is 1. The maximum Gasteiger partial charge on any atom is 0.238 e. The number of rotatable bonds is 4. The number of hydrogen-bond donors (Lipinski definition) is 2. The number of thiophene rings is 1. The van der Waals surface area contributed by atoms with Gasteiger partial charge in [0.2, 0.25) is 15.9 Å². The fourth-order valence-electron chi connectivity index (χ4n) is 2.60. The molecule has 1 amide bonds. The Kier molecular flexibility index (Phi) is 4.49. The van der Waals surface area contributed by atoms with Crippen molar-refractivity contribution in [1.82, 2.24) is 4.90 Å². The molecule has 0 atom stereocenters. The standard InChI is InChI=1S/C15H17N3O3S2/c16-23(20,21)13-3-1-2-12(8-13)17-15(19)10-18-6-4-14-11(9-18)5-7-22-14/h1-3,5,7-8H,4,6,9-10H2,(H,17,19)(H2,16,20,21). The van der Waals surface area contributed by atoms with Gasteiger partial charge in [-0.15, -0.1) is 11.3 Å². The van der Waals surface area contributed by atoms with E-state index in [9.17, 15) is 13.2 Å². The van der Waals surface area contributed by atoms with Gasteiger partial charge in [0.15, 0.2) is 0 Å². The topological polar surface area (TPSA) is 92.5 Å². The molecule has 0 radical (unpaired) electrons. The summed E-state index contributed by atoms with van der Waals surface area (Å²) in [6.07, 6.45) is 0.960. The fraction of sp³-hybridized carbons (Fsp3) is 0.267. The number of anilines is 1. The average molecular weight is 351 g/mol. The number of nitrogens with one attached hydrogen (secondary N) is 1. The molecule has 3 N–H and O–H groups in total.